The fraction of sp³-hybridized carbons (Fsp3) is 0.143. The lowest BCUT2D eigenvalue weighted by Crippen LogP contribution is -1.98. The number of pyridine rings is 2. The van der Waals surface area contributed by atoms with Gasteiger partial charge in [-0.1, -0.05) is 6.07 Å². The molecule has 0 fully saturated rings. The SMILES string of the molecule is Cc1cccnc1Nc1nc(-c2ccc(S(C)(=O)=O)cn2)ns1. The van der Waals surface area contributed by atoms with Crippen LogP contribution in [0.5, 0.6) is 0 Å². The maximum atomic E-state index is 11.4. The fourth-order valence-corrected chi connectivity index (χ4v) is 2.96. The third-order valence-electron chi connectivity index (χ3n) is 3.05. The average Bonchev–Trinajstić information content (AvgIpc) is 2.97. The predicted octanol–water partition coefficient (Wildman–Crippen LogP) is 2.45. The molecule has 0 unspecified atom stereocenters. The number of hydrogen-bond acceptors (Lipinski definition) is 8. The number of sulfone groups is 1. The number of aryl methyl sites for hydroxylation is 1. The molecule has 0 amide bonds. The van der Waals surface area contributed by atoms with Crippen molar-refractivity contribution in [2.75, 3.05) is 11.6 Å². The van der Waals surface area contributed by atoms with Gasteiger partial charge in [-0.05, 0) is 30.7 Å². The molecule has 0 saturated carbocycles. The largest absolute Gasteiger partial charge is 0.315 e. The van der Waals surface area contributed by atoms with Crippen LogP contribution >= 0.6 is 11.5 Å². The monoisotopic (exact) mass is 347 g/mol. The number of aromatic nitrogens is 4. The van der Waals surface area contributed by atoms with Gasteiger partial charge in [-0.15, -0.1) is 0 Å². The summed E-state index contributed by atoms with van der Waals surface area (Å²) in [6.07, 6.45) is 4.15. The lowest BCUT2D eigenvalue weighted by Gasteiger charge is -2.03. The third-order valence-corrected chi connectivity index (χ3v) is 4.78. The highest BCUT2D eigenvalue weighted by Gasteiger charge is 2.12. The van der Waals surface area contributed by atoms with E-state index >= 15 is 0 Å². The van der Waals surface area contributed by atoms with Gasteiger partial charge < -0.3 is 5.32 Å². The second kappa shape index (κ2) is 6.01. The maximum absolute atomic E-state index is 11.4. The van der Waals surface area contributed by atoms with E-state index in [1.807, 2.05) is 19.1 Å². The van der Waals surface area contributed by atoms with E-state index in [0.29, 0.717) is 16.6 Å². The van der Waals surface area contributed by atoms with Gasteiger partial charge in [-0.3, -0.25) is 4.98 Å². The molecule has 0 aliphatic rings. The molecule has 0 atom stereocenters. The van der Waals surface area contributed by atoms with Gasteiger partial charge in [0.05, 0.1) is 4.90 Å². The number of hydrogen-bond donors (Lipinski definition) is 1. The standard InChI is InChI=1S/C14H13N5O2S2/c1-9-4-3-7-15-12(9)17-14-18-13(19-22-14)11-6-5-10(8-16-11)23(2,20)21/h3-8H,1-2H3,(H,15,17,18,19). The molecule has 0 aromatic carbocycles. The number of anilines is 2. The summed E-state index contributed by atoms with van der Waals surface area (Å²) in [7, 11) is -3.26. The van der Waals surface area contributed by atoms with Crippen LogP contribution in [-0.2, 0) is 9.84 Å². The van der Waals surface area contributed by atoms with Gasteiger partial charge in [0.15, 0.2) is 15.7 Å². The van der Waals surface area contributed by atoms with E-state index in [2.05, 4.69) is 24.6 Å². The van der Waals surface area contributed by atoms with Crippen molar-refractivity contribution in [2.24, 2.45) is 0 Å². The smallest absolute Gasteiger partial charge is 0.208 e. The molecule has 0 saturated heterocycles. The highest BCUT2D eigenvalue weighted by atomic mass is 32.2. The van der Waals surface area contributed by atoms with Crippen molar-refractivity contribution < 1.29 is 8.42 Å². The molecule has 0 radical (unpaired) electrons. The van der Waals surface area contributed by atoms with Crippen LogP contribution in [0.1, 0.15) is 5.56 Å². The van der Waals surface area contributed by atoms with Crippen LogP contribution in [0.2, 0.25) is 0 Å². The Morgan fingerprint density at radius 3 is 2.65 bits per heavy atom. The van der Waals surface area contributed by atoms with Crippen LogP contribution < -0.4 is 5.32 Å². The first-order valence-corrected chi connectivity index (χ1v) is 9.29. The minimum absolute atomic E-state index is 0.166. The molecule has 23 heavy (non-hydrogen) atoms. The molecule has 0 spiro atoms. The van der Waals surface area contributed by atoms with E-state index < -0.39 is 9.84 Å². The first-order valence-electron chi connectivity index (χ1n) is 6.62. The fourth-order valence-electron chi connectivity index (χ4n) is 1.83. The van der Waals surface area contributed by atoms with Gasteiger partial charge in [-0.25, -0.2) is 13.4 Å². The average molecular weight is 347 g/mol. The Hall–Kier alpha value is -2.39. The van der Waals surface area contributed by atoms with Crippen LogP contribution in [-0.4, -0.2) is 34.0 Å². The highest BCUT2D eigenvalue weighted by Crippen LogP contribution is 2.23. The molecule has 7 nitrogen and oxygen atoms in total. The van der Waals surface area contributed by atoms with Crippen molar-refractivity contribution in [3.63, 3.8) is 0 Å². The topological polar surface area (TPSA) is 97.7 Å². The Kier molecular flexibility index (Phi) is 4.05. The van der Waals surface area contributed by atoms with Gasteiger partial charge in [0, 0.05) is 30.2 Å². The van der Waals surface area contributed by atoms with Gasteiger partial charge in [-0.2, -0.15) is 9.36 Å². The molecule has 118 valence electrons. The Bertz CT molecular complexity index is 936. The number of nitrogens with zero attached hydrogens (tertiary/aromatic N) is 4. The minimum Gasteiger partial charge on any atom is -0.315 e. The normalized spacial score (nSPS) is 11.4. The second-order valence-electron chi connectivity index (χ2n) is 4.87. The first-order chi connectivity index (χ1) is 10.9. The van der Waals surface area contributed by atoms with E-state index in [1.54, 1.807) is 12.3 Å². The first kappa shape index (κ1) is 15.5. The van der Waals surface area contributed by atoms with Crippen LogP contribution in [0.25, 0.3) is 11.5 Å². The summed E-state index contributed by atoms with van der Waals surface area (Å²) >= 11 is 1.19. The van der Waals surface area contributed by atoms with Gasteiger partial charge >= 0.3 is 0 Å². The van der Waals surface area contributed by atoms with Crippen molar-refractivity contribution in [2.45, 2.75) is 11.8 Å². The molecule has 3 aromatic heterocycles. The van der Waals surface area contributed by atoms with Gasteiger partial charge in [0.25, 0.3) is 0 Å². The Morgan fingerprint density at radius 1 is 1.17 bits per heavy atom. The van der Waals surface area contributed by atoms with Gasteiger partial charge in [0.2, 0.25) is 5.13 Å². The van der Waals surface area contributed by atoms with E-state index in [-0.39, 0.29) is 4.90 Å². The maximum Gasteiger partial charge on any atom is 0.208 e. The van der Waals surface area contributed by atoms with Crippen molar-refractivity contribution in [1.82, 2.24) is 19.3 Å². The Labute approximate surface area is 137 Å². The Morgan fingerprint density at radius 2 is 2.00 bits per heavy atom. The van der Waals surface area contributed by atoms with E-state index in [4.69, 9.17) is 0 Å². The predicted molar refractivity (Wildman–Crippen MR) is 88.5 cm³/mol. The molecule has 9 heteroatoms. The summed E-state index contributed by atoms with van der Waals surface area (Å²) in [4.78, 5) is 12.9. The van der Waals surface area contributed by atoms with Crippen LogP contribution in [0, 0.1) is 6.92 Å². The summed E-state index contributed by atoms with van der Waals surface area (Å²) in [6, 6.07) is 6.89. The van der Waals surface area contributed by atoms with Crippen molar-refractivity contribution >= 4 is 32.3 Å². The van der Waals surface area contributed by atoms with E-state index in [0.717, 1.165) is 17.6 Å². The van der Waals surface area contributed by atoms with E-state index in [1.165, 1.54) is 23.8 Å². The summed E-state index contributed by atoms with van der Waals surface area (Å²) in [6.45, 7) is 1.95. The van der Waals surface area contributed by atoms with Crippen molar-refractivity contribution in [3.05, 3.63) is 42.2 Å². The van der Waals surface area contributed by atoms with E-state index in [9.17, 15) is 8.42 Å². The zero-order valence-electron chi connectivity index (χ0n) is 12.4. The molecule has 1 N–H and O–H groups in total. The zero-order valence-corrected chi connectivity index (χ0v) is 14.0. The summed E-state index contributed by atoms with van der Waals surface area (Å²) in [5.74, 6) is 1.15. The molecule has 3 aromatic rings. The lowest BCUT2D eigenvalue weighted by atomic mass is 10.3. The number of nitrogens with one attached hydrogen (secondary N) is 1. The highest BCUT2D eigenvalue weighted by molar-refractivity contribution is 7.90. The molecule has 3 rings (SSSR count). The van der Waals surface area contributed by atoms with Crippen molar-refractivity contribution in [3.8, 4) is 11.5 Å². The van der Waals surface area contributed by atoms with Crippen LogP contribution in [0.4, 0.5) is 10.9 Å². The second-order valence-corrected chi connectivity index (χ2v) is 7.64. The summed E-state index contributed by atoms with van der Waals surface area (Å²) in [5.41, 5.74) is 1.51. The lowest BCUT2D eigenvalue weighted by molar-refractivity contribution is 0.601. The summed E-state index contributed by atoms with van der Waals surface area (Å²) < 4.78 is 27.1. The van der Waals surface area contributed by atoms with Crippen LogP contribution in [0.3, 0.4) is 0 Å². The third kappa shape index (κ3) is 3.51. The quantitative estimate of drug-likeness (QED) is 0.774. The molecular formula is C14H13N5O2S2. The molecule has 0 aliphatic heterocycles. The minimum atomic E-state index is -3.26. The van der Waals surface area contributed by atoms with Crippen LogP contribution in [0.15, 0.2) is 41.6 Å². The van der Waals surface area contributed by atoms with Gasteiger partial charge in [0.1, 0.15) is 11.5 Å². The number of rotatable bonds is 4. The van der Waals surface area contributed by atoms with Crippen molar-refractivity contribution in [1.29, 1.82) is 0 Å². The summed E-state index contributed by atoms with van der Waals surface area (Å²) in [5, 5.41) is 3.70. The molecule has 0 bridgehead atoms. The molecular weight excluding hydrogens is 334 g/mol. The molecule has 3 heterocycles. The zero-order chi connectivity index (χ0) is 16.4. The molecule has 0 aliphatic carbocycles. The Balaban J connectivity index is 1.83.